The van der Waals surface area contributed by atoms with Crippen LogP contribution in [0.3, 0.4) is 0 Å². The van der Waals surface area contributed by atoms with Crippen LogP contribution in [0, 0.1) is 0 Å². The van der Waals surface area contributed by atoms with Crippen molar-refractivity contribution in [2.45, 2.75) is 19.8 Å². The van der Waals surface area contributed by atoms with E-state index in [0.717, 1.165) is 25.3 Å². The van der Waals surface area contributed by atoms with Crippen LogP contribution >= 0.6 is 24.0 Å². The third-order valence-corrected chi connectivity index (χ3v) is 2.60. The van der Waals surface area contributed by atoms with Gasteiger partial charge in [0.1, 0.15) is 0 Å². The number of benzene rings is 1. The van der Waals surface area contributed by atoms with Crippen LogP contribution in [0.1, 0.15) is 18.1 Å². The van der Waals surface area contributed by atoms with Crippen LogP contribution < -0.4 is 10.6 Å². The number of nitrogens with one attached hydrogen (secondary N) is 2. The molecule has 0 saturated carbocycles. The molecule has 4 heteroatoms. The van der Waals surface area contributed by atoms with Gasteiger partial charge in [-0.15, -0.1) is 24.0 Å². The van der Waals surface area contributed by atoms with Crippen LogP contribution in [0.15, 0.2) is 29.3 Å². The molecule has 0 atom stereocenters. The summed E-state index contributed by atoms with van der Waals surface area (Å²) in [5.74, 6) is 0.838. The van der Waals surface area contributed by atoms with Crippen LogP contribution in [0.5, 0.6) is 0 Å². The Balaban J connectivity index is 0.00000256. The minimum absolute atomic E-state index is 0. The van der Waals surface area contributed by atoms with E-state index in [4.69, 9.17) is 0 Å². The SMILES string of the molecule is CCc1ccc(CCNC(=NC)NC)cc1.I. The standard InChI is InChI=1S/C13H21N3.HI/c1-4-11-5-7-12(8-6-11)9-10-16-13(14-2)15-3;/h5-8H,4,9-10H2,1-3H3,(H2,14,15,16);1H. The molecule has 0 spiro atoms. The van der Waals surface area contributed by atoms with Gasteiger partial charge in [0, 0.05) is 20.6 Å². The van der Waals surface area contributed by atoms with Crippen molar-refractivity contribution in [3.8, 4) is 0 Å². The Morgan fingerprint density at radius 3 is 2.24 bits per heavy atom. The molecule has 0 amide bonds. The maximum atomic E-state index is 4.06. The van der Waals surface area contributed by atoms with Crippen molar-refractivity contribution in [1.29, 1.82) is 0 Å². The Labute approximate surface area is 121 Å². The maximum Gasteiger partial charge on any atom is 0.190 e. The molecular formula is C13H22IN3. The minimum Gasteiger partial charge on any atom is -0.359 e. The van der Waals surface area contributed by atoms with Crippen LogP contribution in [0.2, 0.25) is 0 Å². The van der Waals surface area contributed by atoms with Crippen molar-refractivity contribution in [2.75, 3.05) is 20.6 Å². The number of hydrogen-bond donors (Lipinski definition) is 2. The fourth-order valence-corrected chi connectivity index (χ4v) is 1.55. The van der Waals surface area contributed by atoms with Gasteiger partial charge in [0.2, 0.25) is 0 Å². The fourth-order valence-electron chi connectivity index (χ4n) is 1.55. The Kier molecular flexibility index (Phi) is 8.85. The van der Waals surface area contributed by atoms with Crippen molar-refractivity contribution in [2.24, 2.45) is 4.99 Å². The topological polar surface area (TPSA) is 36.4 Å². The Hall–Kier alpha value is -0.780. The highest BCUT2D eigenvalue weighted by Crippen LogP contribution is 2.05. The first-order valence-electron chi connectivity index (χ1n) is 5.76. The van der Waals surface area contributed by atoms with E-state index in [2.05, 4.69) is 46.8 Å². The lowest BCUT2D eigenvalue weighted by Crippen LogP contribution is -2.35. The number of hydrogen-bond acceptors (Lipinski definition) is 1. The van der Waals surface area contributed by atoms with Gasteiger partial charge < -0.3 is 10.6 Å². The second-order valence-electron chi connectivity index (χ2n) is 3.67. The van der Waals surface area contributed by atoms with E-state index in [1.165, 1.54) is 11.1 Å². The number of aryl methyl sites for hydroxylation is 1. The predicted molar refractivity (Wildman–Crippen MR) is 85.4 cm³/mol. The van der Waals surface area contributed by atoms with E-state index in [9.17, 15) is 0 Å². The summed E-state index contributed by atoms with van der Waals surface area (Å²) in [7, 11) is 3.64. The normalized spacial score (nSPS) is 10.6. The highest BCUT2D eigenvalue weighted by atomic mass is 127. The van der Waals surface area contributed by atoms with Crippen LogP contribution in [0.25, 0.3) is 0 Å². The van der Waals surface area contributed by atoms with Crippen molar-refractivity contribution in [1.82, 2.24) is 10.6 Å². The summed E-state index contributed by atoms with van der Waals surface area (Å²) in [6.07, 6.45) is 2.12. The number of guanidine groups is 1. The van der Waals surface area contributed by atoms with Gasteiger partial charge in [-0.25, -0.2) is 0 Å². The number of aliphatic imine (C=N–C) groups is 1. The Bertz CT molecular complexity index is 333. The molecule has 0 aliphatic carbocycles. The molecule has 0 radical (unpaired) electrons. The molecule has 1 rings (SSSR count). The minimum atomic E-state index is 0. The lowest BCUT2D eigenvalue weighted by Gasteiger charge is -2.08. The summed E-state index contributed by atoms with van der Waals surface area (Å²) >= 11 is 0. The third kappa shape index (κ3) is 5.91. The van der Waals surface area contributed by atoms with E-state index in [-0.39, 0.29) is 24.0 Å². The monoisotopic (exact) mass is 347 g/mol. The molecular weight excluding hydrogens is 325 g/mol. The average molecular weight is 347 g/mol. The van der Waals surface area contributed by atoms with Crippen molar-refractivity contribution >= 4 is 29.9 Å². The molecule has 96 valence electrons. The molecule has 0 unspecified atom stereocenters. The molecule has 2 N–H and O–H groups in total. The molecule has 0 aromatic heterocycles. The van der Waals surface area contributed by atoms with Gasteiger partial charge in [0.25, 0.3) is 0 Å². The van der Waals surface area contributed by atoms with E-state index >= 15 is 0 Å². The predicted octanol–water partition coefficient (Wildman–Crippen LogP) is 2.20. The van der Waals surface area contributed by atoms with Gasteiger partial charge in [-0.3, -0.25) is 4.99 Å². The summed E-state index contributed by atoms with van der Waals surface area (Å²) in [4.78, 5) is 4.06. The van der Waals surface area contributed by atoms with Crippen molar-refractivity contribution in [3.05, 3.63) is 35.4 Å². The van der Waals surface area contributed by atoms with Crippen LogP contribution in [-0.4, -0.2) is 26.6 Å². The second-order valence-corrected chi connectivity index (χ2v) is 3.67. The van der Waals surface area contributed by atoms with Crippen molar-refractivity contribution < 1.29 is 0 Å². The van der Waals surface area contributed by atoms with E-state index in [0.29, 0.717) is 0 Å². The summed E-state index contributed by atoms with van der Waals surface area (Å²) in [5, 5.41) is 6.23. The zero-order valence-corrected chi connectivity index (χ0v) is 13.1. The molecule has 0 fully saturated rings. The summed E-state index contributed by atoms with van der Waals surface area (Å²) in [6, 6.07) is 8.79. The largest absolute Gasteiger partial charge is 0.359 e. The third-order valence-electron chi connectivity index (χ3n) is 2.60. The smallest absolute Gasteiger partial charge is 0.190 e. The molecule has 0 saturated heterocycles. The Morgan fingerprint density at radius 1 is 1.18 bits per heavy atom. The van der Waals surface area contributed by atoms with Gasteiger partial charge in [0.15, 0.2) is 5.96 Å². The summed E-state index contributed by atoms with van der Waals surface area (Å²) < 4.78 is 0. The molecule has 0 aliphatic rings. The highest BCUT2D eigenvalue weighted by Gasteiger charge is 1.95. The van der Waals surface area contributed by atoms with Gasteiger partial charge in [-0.2, -0.15) is 0 Å². The van der Waals surface area contributed by atoms with E-state index < -0.39 is 0 Å². The average Bonchev–Trinajstić information content (AvgIpc) is 2.35. The van der Waals surface area contributed by atoms with Crippen LogP contribution in [0.4, 0.5) is 0 Å². The summed E-state index contributed by atoms with van der Waals surface area (Å²) in [5.41, 5.74) is 2.75. The first kappa shape index (κ1) is 16.2. The number of halogens is 1. The van der Waals surface area contributed by atoms with Gasteiger partial charge in [0.05, 0.1) is 0 Å². The van der Waals surface area contributed by atoms with Crippen molar-refractivity contribution in [3.63, 3.8) is 0 Å². The maximum absolute atomic E-state index is 4.06. The lowest BCUT2D eigenvalue weighted by molar-refractivity contribution is 0.833. The fraction of sp³-hybridized carbons (Fsp3) is 0.462. The van der Waals surface area contributed by atoms with E-state index in [1.54, 1.807) is 7.05 Å². The van der Waals surface area contributed by atoms with E-state index in [1.807, 2.05) is 7.05 Å². The Morgan fingerprint density at radius 2 is 1.76 bits per heavy atom. The molecule has 0 bridgehead atoms. The van der Waals surface area contributed by atoms with Crippen LogP contribution in [-0.2, 0) is 12.8 Å². The number of nitrogens with zero attached hydrogens (tertiary/aromatic N) is 1. The number of rotatable bonds is 4. The zero-order chi connectivity index (χ0) is 11.8. The first-order chi connectivity index (χ1) is 7.80. The lowest BCUT2D eigenvalue weighted by atomic mass is 10.1. The quantitative estimate of drug-likeness (QED) is 0.498. The molecule has 0 aliphatic heterocycles. The highest BCUT2D eigenvalue weighted by molar-refractivity contribution is 14.0. The second kappa shape index (κ2) is 9.27. The first-order valence-corrected chi connectivity index (χ1v) is 5.76. The van der Waals surface area contributed by atoms with Gasteiger partial charge in [-0.05, 0) is 24.0 Å². The van der Waals surface area contributed by atoms with Gasteiger partial charge in [-0.1, -0.05) is 31.2 Å². The summed E-state index contributed by atoms with van der Waals surface area (Å²) in [6.45, 7) is 3.08. The molecule has 1 aromatic rings. The molecule has 17 heavy (non-hydrogen) atoms. The molecule has 3 nitrogen and oxygen atoms in total. The zero-order valence-electron chi connectivity index (χ0n) is 10.8. The van der Waals surface area contributed by atoms with Gasteiger partial charge >= 0.3 is 0 Å². The molecule has 0 heterocycles. The molecule has 1 aromatic carbocycles.